The predicted molar refractivity (Wildman–Crippen MR) is 114 cm³/mol. The lowest BCUT2D eigenvalue weighted by molar-refractivity contribution is 0.0980. The molecule has 0 N–H and O–H groups in total. The second-order valence-corrected chi connectivity index (χ2v) is 9.50. The van der Waals surface area contributed by atoms with Gasteiger partial charge in [0.2, 0.25) is 0 Å². The van der Waals surface area contributed by atoms with Crippen LogP contribution in [0.3, 0.4) is 0 Å². The molecule has 1 heterocycles. The molecule has 156 valence electrons. The quantitative estimate of drug-likeness (QED) is 0.514. The van der Waals surface area contributed by atoms with Crippen LogP contribution in [0.15, 0.2) is 59.4 Å². The molecular formula is C21H18ClFN2O4S. The number of nitrogens with zero attached hydrogens (tertiary/aromatic N) is 2. The number of halogens is 2. The Morgan fingerprint density at radius 1 is 1.13 bits per heavy atom. The zero-order valence-corrected chi connectivity index (χ0v) is 17.6. The highest BCUT2D eigenvalue weighted by Gasteiger charge is 2.18. The molecular weight excluding hydrogens is 431 g/mol. The summed E-state index contributed by atoms with van der Waals surface area (Å²) in [6, 6.07) is 13.3. The van der Waals surface area contributed by atoms with Gasteiger partial charge in [0.05, 0.1) is 22.7 Å². The minimum Gasteiger partial charge on any atom is -0.294 e. The summed E-state index contributed by atoms with van der Waals surface area (Å²) in [6.07, 6.45) is 1.06. The van der Waals surface area contributed by atoms with Crippen molar-refractivity contribution in [1.29, 1.82) is 0 Å². The van der Waals surface area contributed by atoms with Crippen molar-refractivity contribution in [3.8, 4) is 16.9 Å². The average Bonchev–Trinajstić information content (AvgIpc) is 2.68. The van der Waals surface area contributed by atoms with Crippen molar-refractivity contribution in [3.05, 3.63) is 81.4 Å². The Hall–Kier alpha value is -2.84. The van der Waals surface area contributed by atoms with Crippen molar-refractivity contribution in [2.24, 2.45) is 0 Å². The number of aromatic nitrogens is 2. The van der Waals surface area contributed by atoms with Crippen LogP contribution >= 0.6 is 11.6 Å². The second-order valence-electron chi connectivity index (χ2n) is 6.80. The first kappa shape index (κ1) is 21.9. The summed E-state index contributed by atoms with van der Waals surface area (Å²) in [6.45, 7) is 0. The minimum absolute atomic E-state index is 0.0929. The zero-order valence-electron chi connectivity index (χ0n) is 16.0. The van der Waals surface area contributed by atoms with Crippen molar-refractivity contribution >= 4 is 27.2 Å². The summed E-state index contributed by atoms with van der Waals surface area (Å²) >= 11 is 5.92. The number of carbonyl (C=O) groups excluding carboxylic acids is 1. The van der Waals surface area contributed by atoms with Gasteiger partial charge >= 0.3 is 0 Å². The Balaban J connectivity index is 2.09. The molecule has 1 aromatic heterocycles. The average molecular weight is 449 g/mol. The lowest BCUT2D eigenvalue weighted by Crippen LogP contribution is -2.28. The number of benzene rings is 2. The molecule has 0 aliphatic carbocycles. The lowest BCUT2D eigenvalue weighted by Gasteiger charge is -2.11. The second kappa shape index (κ2) is 8.89. The molecule has 0 aliphatic rings. The maximum atomic E-state index is 13.7. The van der Waals surface area contributed by atoms with E-state index in [1.54, 1.807) is 24.3 Å². The van der Waals surface area contributed by atoms with Gasteiger partial charge in [0.15, 0.2) is 5.78 Å². The number of hydrogen-bond donors (Lipinski definition) is 0. The summed E-state index contributed by atoms with van der Waals surface area (Å²) in [4.78, 5) is 25.6. The molecule has 0 saturated carbocycles. The molecule has 30 heavy (non-hydrogen) atoms. The molecule has 0 saturated heterocycles. The Kier molecular flexibility index (Phi) is 6.48. The summed E-state index contributed by atoms with van der Waals surface area (Å²) in [5, 5.41) is 4.80. The highest BCUT2D eigenvalue weighted by molar-refractivity contribution is 7.90. The fourth-order valence-corrected chi connectivity index (χ4v) is 3.66. The van der Waals surface area contributed by atoms with E-state index in [1.165, 1.54) is 24.3 Å². The van der Waals surface area contributed by atoms with E-state index in [-0.39, 0.29) is 29.8 Å². The van der Waals surface area contributed by atoms with Gasteiger partial charge in [-0.2, -0.15) is 9.78 Å². The largest absolute Gasteiger partial charge is 0.294 e. The van der Waals surface area contributed by atoms with Crippen molar-refractivity contribution in [2.75, 3.05) is 12.0 Å². The highest BCUT2D eigenvalue weighted by Crippen LogP contribution is 2.21. The smallest absolute Gasteiger partial charge is 0.282 e. The van der Waals surface area contributed by atoms with Gasteiger partial charge in [-0.1, -0.05) is 29.8 Å². The van der Waals surface area contributed by atoms with Gasteiger partial charge in [0, 0.05) is 23.3 Å². The molecule has 0 radical (unpaired) electrons. The van der Waals surface area contributed by atoms with Crippen LogP contribution in [0.2, 0.25) is 5.02 Å². The summed E-state index contributed by atoms with van der Waals surface area (Å²) in [5.74, 6) is -1.23. The first-order chi connectivity index (χ1) is 14.1. The predicted octanol–water partition coefficient (Wildman–Crippen LogP) is 3.70. The van der Waals surface area contributed by atoms with E-state index < -0.39 is 27.0 Å². The van der Waals surface area contributed by atoms with Crippen LogP contribution in [-0.4, -0.2) is 36.0 Å². The molecule has 6 nitrogen and oxygen atoms in total. The van der Waals surface area contributed by atoms with Crippen molar-refractivity contribution < 1.29 is 17.6 Å². The van der Waals surface area contributed by atoms with E-state index in [2.05, 4.69) is 5.10 Å². The van der Waals surface area contributed by atoms with E-state index >= 15 is 0 Å². The van der Waals surface area contributed by atoms with E-state index in [0.717, 1.165) is 17.0 Å². The molecule has 3 aromatic rings. The third-order valence-corrected chi connectivity index (χ3v) is 5.61. The van der Waals surface area contributed by atoms with E-state index in [1.807, 2.05) is 0 Å². The van der Waals surface area contributed by atoms with Gasteiger partial charge in [0.25, 0.3) is 5.56 Å². The molecule has 2 aromatic carbocycles. The minimum atomic E-state index is -3.23. The van der Waals surface area contributed by atoms with E-state index in [9.17, 15) is 22.4 Å². The molecule has 0 spiro atoms. The van der Waals surface area contributed by atoms with Crippen LogP contribution in [0.5, 0.6) is 0 Å². The first-order valence-electron chi connectivity index (χ1n) is 9.01. The van der Waals surface area contributed by atoms with Gasteiger partial charge < -0.3 is 0 Å². The normalized spacial score (nSPS) is 11.4. The van der Waals surface area contributed by atoms with Gasteiger partial charge in [-0.05, 0) is 42.8 Å². The van der Waals surface area contributed by atoms with Crippen LogP contribution in [-0.2, 0) is 9.84 Å². The fraction of sp³-hybridized carbons (Fsp3) is 0.190. The third kappa shape index (κ3) is 5.40. The SMILES string of the molecule is CS(=O)(=O)CCCC(=O)c1cc(-c2ccc(Cl)cc2)nn(-c2cccc(F)c2)c1=O. The number of Topliss-reactive ketones (excluding diaryl/α,β-unsaturated/α-hetero) is 1. The molecule has 0 aliphatic heterocycles. The van der Waals surface area contributed by atoms with Crippen molar-refractivity contribution in [3.63, 3.8) is 0 Å². The van der Waals surface area contributed by atoms with Crippen LogP contribution in [0.1, 0.15) is 23.2 Å². The van der Waals surface area contributed by atoms with E-state index in [4.69, 9.17) is 11.6 Å². The molecule has 0 bridgehead atoms. The molecule has 0 fully saturated rings. The molecule has 0 amide bonds. The Labute approximate surface area is 177 Å². The maximum absolute atomic E-state index is 13.7. The Morgan fingerprint density at radius 2 is 1.83 bits per heavy atom. The maximum Gasteiger partial charge on any atom is 0.282 e. The summed E-state index contributed by atoms with van der Waals surface area (Å²) in [7, 11) is -3.23. The number of rotatable bonds is 7. The number of sulfone groups is 1. The molecule has 0 atom stereocenters. The Bertz CT molecular complexity index is 1250. The van der Waals surface area contributed by atoms with Crippen LogP contribution in [0.4, 0.5) is 4.39 Å². The van der Waals surface area contributed by atoms with Gasteiger partial charge in [0.1, 0.15) is 15.7 Å². The highest BCUT2D eigenvalue weighted by atomic mass is 35.5. The zero-order chi connectivity index (χ0) is 21.9. The van der Waals surface area contributed by atoms with Crippen molar-refractivity contribution in [2.45, 2.75) is 12.8 Å². The van der Waals surface area contributed by atoms with Crippen LogP contribution in [0.25, 0.3) is 16.9 Å². The van der Waals surface area contributed by atoms with Crippen molar-refractivity contribution in [1.82, 2.24) is 9.78 Å². The number of hydrogen-bond acceptors (Lipinski definition) is 5. The van der Waals surface area contributed by atoms with Crippen LogP contribution < -0.4 is 5.56 Å². The Morgan fingerprint density at radius 3 is 2.47 bits per heavy atom. The van der Waals surface area contributed by atoms with Crippen LogP contribution in [0, 0.1) is 5.82 Å². The summed E-state index contributed by atoms with van der Waals surface area (Å²) < 4.78 is 37.3. The van der Waals surface area contributed by atoms with Gasteiger partial charge in [-0.15, -0.1) is 0 Å². The summed E-state index contributed by atoms with van der Waals surface area (Å²) in [5.41, 5.74) is 0.244. The topological polar surface area (TPSA) is 86.1 Å². The number of carbonyl (C=O) groups is 1. The van der Waals surface area contributed by atoms with Gasteiger partial charge in [-0.3, -0.25) is 9.59 Å². The number of ketones is 1. The molecule has 3 rings (SSSR count). The fourth-order valence-electron chi connectivity index (χ4n) is 2.87. The standard InChI is InChI=1S/C21H18ClFN2O4S/c1-30(28,29)11-3-6-20(26)18-13-19(14-7-9-15(22)10-8-14)24-25(21(18)27)17-5-2-4-16(23)12-17/h2,4-5,7-10,12-13H,3,6,11H2,1H3. The molecule has 0 unspecified atom stereocenters. The lowest BCUT2D eigenvalue weighted by atomic mass is 10.1. The third-order valence-electron chi connectivity index (χ3n) is 4.32. The van der Waals surface area contributed by atoms with E-state index in [0.29, 0.717) is 16.3 Å². The first-order valence-corrected chi connectivity index (χ1v) is 11.4. The van der Waals surface area contributed by atoms with Gasteiger partial charge in [-0.25, -0.2) is 12.8 Å². The monoisotopic (exact) mass is 448 g/mol. The molecule has 9 heteroatoms.